The molecule has 0 aliphatic carbocycles. The van der Waals surface area contributed by atoms with Crippen LogP contribution in [0.4, 0.5) is 15.9 Å². The zero-order chi connectivity index (χ0) is 23.5. The average molecular weight is 503 g/mol. The molecule has 2 aromatic carbocycles. The van der Waals surface area contributed by atoms with Crippen LogP contribution in [0.15, 0.2) is 54.7 Å². The number of hydrogen-bond acceptors (Lipinski definition) is 3. The van der Waals surface area contributed by atoms with Gasteiger partial charge in [-0.15, -0.1) is 0 Å². The van der Waals surface area contributed by atoms with Crippen LogP contribution in [-0.4, -0.2) is 24.7 Å². The van der Waals surface area contributed by atoms with E-state index in [0.717, 1.165) is 22.6 Å². The third-order valence-electron chi connectivity index (χ3n) is 5.16. The summed E-state index contributed by atoms with van der Waals surface area (Å²) in [7, 11) is 0. The quantitative estimate of drug-likeness (QED) is 0.314. The standard InChI is InChI=1S/C23H21Cl2FN6S/c1-14-22(15(2)32(29-14)12-16-6-3-4-9-20(16)26)28-23(33)27-21-10-11-31(30-21)13-17-18(24)7-5-8-19(17)25/h3-11H,12-13H2,1-2H3,(H2,27,28,30,33). The van der Waals surface area contributed by atoms with E-state index < -0.39 is 0 Å². The third-order valence-corrected chi connectivity index (χ3v) is 6.07. The van der Waals surface area contributed by atoms with Crippen LogP contribution < -0.4 is 10.6 Å². The van der Waals surface area contributed by atoms with Crippen molar-refractivity contribution >= 4 is 52.0 Å². The van der Waals surface area contributed by atoms with Gasteiger partial charge in [-0.25, -0.2) is 4.39 Å². The number of anilines is 2. The van der Waals surface area contributed by atoms with Crippen molar-refractivity contribution in [3.05, 3.63) is 93.1 Å². The summed E-state index contributed by atoms with van der Waals surface area (Å²) in [6.07, 6.45) is 1.81. The number of benzene rings is 2. The number of aromatic nitrogens is 4. The molecule has 2 heterocycles. The molecule has 0 saturated heterocycles. The van der Waals surface area contributed by atoms with E-state index in [2.05, 4.69) is 20.8 Å². The van der Waals surface area contributed by atoms with E-state index in [0.29, 0.717) is 39.6 Å². The summed E-state index contributed by atoms with van der Waals surface area (Å²) in [6, 6.07) is 13.9. The molecule has 0 spiro atoms. The van der Waals surface area contributed by atoms with Gasteiger partial charge in [0.2, 0.25) is 0 Å². The Bertz CT molecular complexity index is 1300. The van der Waals surface area contributed by atoms with Gasteiger partial charge in [0.05, 0.1) is 30.2 Å². The van der Waals surface area contributed by atoms with Crippen LogP contribution in [0.25, 0.3) is 0 Å². The summed E-state index contributed by atoms with van der Waals surface area (Å²) in [5, 5.41) is 16.8. The molecule has 0 atom stereocenters. The number of thiocarbonyl (C=S) groups is 1. The van der Waals surface area contributed by atoms with E-state index in [4.69, 9.17) is 35.4 Å². The van der Waals surface area contributed by atoms with Gasteiger partial charge in [-0.05, 0) is 44.3 Å². The number of halogens is 3. The van der Waals surface area contributed by atoms with Gasteiger partial charge >= 0.3 is 0 Å². The van der Waals surface area contributed by atoms with Crippen molar-refractivity contribution in [1.29, 1.82) is 0 Å². The van der Waals surface area contributed by atoms with Crippen LogP contribution in [0, 0.1) is 19.7 Å². The summed E-state index contributed by atoms with van der Waals surface area (Å²) < 4.78 is 17.5. The van der Waals surface area contributed by atoms with Crippen molar-refractivity contribution in [3.8, 4) is 0 Å². The summed E-state index contributed by atoms with van der Waals surface area (Å²) in [5.74, 6) is 0.315. The van der Waals surface area contributed by atoms with Crippen LogP contribution in [-0.2, 0) is 13.1 Å². The fraction of sp³-hybridized carbons (Fsp3) is 0.174. The van der Waals surface area contributed by atoms with E-state index >= 15 is 0 Å². The Morgan fingerprint density at radius 1 is 0.970 bits per heavy atom. The van der Waals surface area contributed by atoms with Crippen molar-refractivity contribution in [1.82, 2.24) is 19.6 Å². The molecule has 33 heavy (non-hydrogen) atoms. The van der Waals surface area contributed by atoms with Gasteiger partial charge in [0.25, 0.3) is 0 Å². The zero-order valence-corrected chi connectivity index (χ0v) is 20.3. The number of nitrogens with one attached hydrogen (secondary N) is 2. The minimum atomic E-state index is -0.259. The number of hydrogen-bond donors (Lipinski definition) is 2. The Labute approximate surface area is 206 Å². The van der Waals surface area contributed by atoms with Gasteiger partial charge in [0.1, 0.15) is 5.82 Å². The lowest BCUT2D eigenvalue weighted by molar-refractivity contribution is 0.579. The van der Waals surface area contributed by atoms with Crippen molar-refractivity contribution < 1.29 is 4.39 Å². The molecule has 0 aliphatic rings. The lowest BCUT2D eigenvalue weighted by atomic mass is 10.2. The van der Waals surface area contributed by atoms with Crippen molar-refractivity contribution in [2.24, 2.45) is 0 Å². The SMILES string of the molecule is Cc1nn(Cc2ccccc2F)c(C)c1NC(=S)Nc1ccn(Cc2c(Cl)cccc2Cl)n1. The molecule has 2 aromatic heterocycles. The fourth-order valence-corrected chi connectivity index (χ4v) is 4.17. The summed E-state index contributed by atoms with van der Waals surface area (Å²) in [4.78, 5) is 0. The molecule has 0 bridgehead atoms. The maximum atomic E-state index is 14.0. The second-order valence-electron chi connectivity index (χ2n) is 7.47. The van der Waals surface area contributed by atoms with E-state index in [1.807, 2.05) is 20.0 Å². The van der Waals surface area contributed by atoms with Crippen molar-refractivity contribution in [2.75, 3.05) is 10.6 Å². The van der Waals surface area contributed by atoms with Gasteiger partial charge in [-0.1, -0.05) is 47.5 Å². The third kappa shape index (κ3) is 5.35. The largest absolute Gasteiger partial charge is 0.329 e. The maximum absolute atomic E-state index is 14.0. The van der Waals surface area contributed by atoms with E-state index in [1.54, 1.807) is 51.8 Å². The predicted octanol–water partition coefficient (Wildman–Crippen LogP) is 6.05. The first-order valence-electron chi connectivity index (χ1n) is 10.1. The number of aryl methyl sites for hydroxylation is 1. The lowest BCUT2D eigenvalue weighted by Crippen LogP contribution is -2.20. The van der Waals surface area contributed by atoms with Gasteiger partial charge in [0.15, 0.2) is 10.9 Å². The second-order valence-corrected chi connectivity index (χ2v) is 8.70. The topological polar surface area (TPSA) is 59.7 Å². The molecule has 170 valence electrons. The Morgan fingerprint density at radius 2 is 1.70 bits per heavy atom. The first-order chi connectivity index (χ1) is 15.8. The minimum absolute atomic E-state index is 0.259. The monoisotopic (exact) mass is 502 g/mol. The summed E-state index contributed by atoms with van der Waals surface area (Å²) in [5.41, 5.74) is 3.74. The summed E-state index contributed by atoms with van der Waals surface area (Å²) in [6.45, 7) is 4.55. The van der Waals surface area contributed by atoms with Crippen molar-refractivity contribution in [2.45, 2.75) is 26.9 Å². The Kier molecular flexibility index (Phi) is 6.97. The molecule has 0 aliphatic heterocycles. The van der Waals surface area contributed by atoms with Crippen LogP contribution in [0.5, 0.6) is 0 Å². The highest BCUT2D eigenvalue weighted by molar-refractivity contribution is 7.80. The molecule has 0 saturated carbocycles. The summed E-state index contributed by atoms with van der Waals surface area (Å²) >= 11 is 18.0. The molecule has 6 nitrogen and oxygen atoms in total. The highest BCUT2D eigenvalue weighted by atomic mass is 35.5. The molecular formula is C23H21Cl2FN6S. The fourth-order valence-electron chi connectivity index (χ4n) is 3.44. The van der Waals surface area contributed by atoms with Crippen LogP contribution >= 0.6 is 35.4 Å². The van der Waals surface area contributed by atoms with E-state index in [1.165, 1.54) is 6.07 Å². The molecule has 0 fully saturated rings. The number of nitrogens with zero attached hydrogens (tertiary/aromatic N) is 4. The minimum Gasteiger partial charge on any atom is -0.329 e. The molecule has 4 rings (SSSR count). The Balaban J connectivity index is 1.42. The van der Waals surface area contributed by atoms with Gasteiger partial charge < -0.3 is 10.6 Å². The first-order valence-corrected chi connectivity index (χ1v) is 11.3. The Hall–Kier alpha value is -2.94. The first kappa shape index (κ1) is 23.2. The number of rotatable bonds is 6. The lowest BCUT2D eigenvalue weighted by Gasteiger charge is -2.10. The zero-order valence-electron chi connectivity index (χ0n) is 17.9. The van der Waals surface area contributed by atoms with E-state index in [9.17, 15) is 4.39 Å². The Morgan fingerprint density at radius 3 is 2.42 bits per heavy atom. The predicted molar refractivity (Wildman–Crippen MR) is 135 cm³/mol. The van der Waals surface area contributed by atoms with Gasteiger partial charge in [0, 0.05) is 33.4 Å². The molecule has 4 aromatic rings. The van der Waals surface area contributed by atoms with Crippen LogP contribution in [0.2, 0.25) is 10.0 Å². The molecular weight excluding hydrogens is 482 g/mol. The molecule has 0 amide bonds. The molecule has 2 N–H and O–H groups in total. The maximum Gasteiger partial charge on any atom is 0.176 e. The van der Waals surface area contributed by atoms with Crippen LogP contribution in [0.1, 0.15) is 22.5 Å². The highest BCUT2D eigenvalue weighted by Crippen LogP contribution is 2.25. The molecule has 0 radical (unpaired) electrons. The van der Waals surface area contributed by atoms with Crippen molar-refractivity contribution in [3.63, 3.8) is 0 Å². The van der Waals surface area contributed by atoms with Gasteiger partial charge in [-0.2, -0.15) is 10.2 Å². The molecule has 10 heteroatoms. The highest BCUT2D eigenvalue weighted by Gasteiger charge is 2.15. The average Bonchev–Trinajstić information content (AvgIpc) is 3.31. The van der Waals surface area contributed by atoms with Gasteiger partial charge in [-0.3, -0.25) is 9.36 Å². The second kappa shape index (κ2) is 9.91. The normalized spacial score (nSPS) is 10.9. The molecule has 0 unspecified atom stereocenters. The van der Waals surface area contributed by atoms with Crippen LogP contribution in [0.3, 0.4) is 0 Å². The smallest absolute Gasteiger partial charge is 0.176 e. The van der Waals surface area contributed by atoms with E-state index in [-0.39, 0.29) is 5.82 Å².